The van der Waals surface area contributed by atoms with Gasteiger partial charge in [0.05, 0.1) is 7.11 Å². The van der Waals surface area contributed by atoms with Gasteiger partial charge in [0.25, 0.3) is 0 Å². The first kappa shape index (κ1) is 11.2. The monoisotopic (exact) mass is 211 g/mol. The van der Waals surface area contributed by atoms with Crippen molar-refractivity contribution >= 4 is 17.4 Å². The van der Waals surface area contributed by atoms with Crippen molar-refractivity contribution in [2.24, 2.45) is 0 Å². The summed E-state index contributed by atoms with van der Waals surface area (Å²) in [6.07, 6.45) is 1.15. The maximum absolute atomic E-state index is 5.76. The van der Waals surface area contributed by atoms with Crippen molar-refractivity contribution in [1.29, 1.82) is 0 Å². The molecule has 0 bridgehead atoms. The van der Waals surface area contributed by atoms with Gasteiger partial charge in [0, 0.05) is 21.9 Å². The molecule has 0 aliphatic carbocycles. The number of benzene rings is 1. The van der Waals surface area contributed by atoms with Crippen LogP contribution >= 0.6 is 11.8 Å². The van der Waals surface area contributed by atoms with Crippen LogP contribution in [0.5, 0.6) is 5.75 Å². The van der Waals surface area contributed by atoms with Crippen molar-refractivity contribution in [3.05, 3.63) is 18.2 Å². The molecule has 2 N–H and O–H groups in total. The molecule has 3 heteroatoms. The number of rotatable bonds is 4. The summed E-state index contributed by atoms with van der Waals surface area (Å²) in [7, 11) is 1.66. The molecule has 0 radical (unpaired) electrons. The van der Waals surface area contributed by atoms with Gasteiger partial charge in [0.1, 0.15) is 5.75 Å². The van der Waals surface area contributed by atoms with Crippen LogP contribution in [0.2, 0.25) is 0 Å². The molecule has 0 amide bonds. The number of hydrogen-bond donors (Lipinski definition) is 1. The van der Waals surface area contributed by atoms with E-state index in [-0.39, 0.29) is 0 Å². The summed E-state index contributed by atoms with van der Waals surface area (Å²) in [5.41, 5.74) is 6.52. The van der Waals surface area contributed by atoms with E-state index in [2.05, 4.69) is 13.8 Å². The number of nitrogens with two attached hydrogens (primary N) is 1. The van der Waals surface area contributed by atoms with Gasteiger partial charge in [-0.25, -0.2) is 0 Å². The standard InChI is InChI=1S/C11H17NOS/c1-4-8(2)14-11-6-9(12)5-10(7-11)13-3/h5-8H,4,12H2,1-3H3. The third-order valence-corrected chi connectivity index (χ3v) is 3.29. The molecule has 1 aromatic carbocycles. The van der Waals surface area contributed by atoms with Gasteiger partial charge in [-0.05, 0) is 18.6 Å². The van der Waals surface area contributed by atoms with E-state index >= 15 is 0 Å². The van der Waals surface area contributed by atoms with Crippen LogP contribution in [0.25, 0.3) is 0 Å². The summed E-state index contributed by atoms with van der Waals surface area (Å²) in [4.78, 5) is 1.18. The molecule has 0 aromatic heterocycles. The number of ether oxygens (including phenoxy) is 1. The van der Waals surface area contributed by atoms with E-state index in [1.54, 1.807) is 7.11 Å². The number of thioether (sulfide) groups is 1. The lowest BCUT2D eigenvalue weighted by molar-refractivity contribution is 0.414. The number of anilines is 1. The Morgan fingerprint density at radius 2 is 2.14 bits per heavy atom. The molecule has 0 spiro atoms. The van der Waals surface area contributed by atoms with E-state index in [1.807, 2.05) is 30.0 Å². The van der Waals surface area contributed by atoms with Crippen LogP contribution in [-0.2, 0) is 0 Å². The number of hydrogen-bond acceptors (Lipinski definition) is 3. The smallest absolute Gasteiger partial charge is 0.122 e. The Bertz CT molecular complexity index is 301. The SMILES string of the molecule is CCC(C)Sc1cc(N)cc(OC)c1. The van der Waals surface area contributed by atoms with Crippen LogP contribution in [0, 0.1) is 0 Å². The number of nitrogen functional groups attached to an aromatic ring is 1. The Hall–Kier alpha value is -0.830. The zero-order valence-corrected chi connectivity index (χ0v) is 9.73. The van der Waals surface area contributed by atoms with E-state index < -0.39 is 0 Å². The molecule has 14 heavy (non-hydrogen) atoms. The molecule has 0 aliphatic heterocycles. The highest BCUT2D eigenvalue weighted by molar-refractivity contribution is 7.99. The van der Waals surface area contributed by atoms with E-state index in [4.69, 9.17) is 10.5 Å². The van der Waals surface area contributed by atoms with E-state index in [9.17, 15) is 0 Å². The second-order valence-corrected chi connectivity index (χ2v) is 4.79. The Balaban J connectivity index is 2.81. The summed E-state index contributed by atoms with van der Waals surface area (Å²) in [5.74, 6) is 0.829. The lowest BCUT2D eigenvalue weighted by Gasteiger charge is -2.10. The molecule has 0 heterocycles. The van der Waals surface area contributed by atoms with Gasteiger partial charge in [0.2, 0.25) is 0 Å². The minimum Gasteiger partial charge on any atom is -0.497 e. The van der Waals surface area contributed by atoms with Crippen LogP contribution in [0.3, 0.4) is 0 Å². The second kappa shape index (κ2) is 5.15. The van der Waals surface area contributed by atoms with E-state index in [0.717, 1.165) is 17.9 Å². The highest BCUT2D eigenvalue weighted by atomic mass is 32.2. The third-order valence-electron chi connectivity index (χ3n) is 2.05. The first-order valence-electron chi connectivity index (χ1n) is 4.77. The molecule has 1 unspecified atom stereocenters. The Kier molecular flexibility index (Phi) is 4.14. The van der Waals surface area contributed by atoms with E-state index in [1.165, 1.54) is 4.90 Å². The fourth-order valence-corrected chi connectivity index (χ4v) is 2.11. The number of methoxy groups -OCH3 is 1. The van der Waals surface area contributed by atoms with Gasteiger partial charge in [-0.3, -0.25) is 0 Å². The minimum atomic E-state index is 0.613. The average Bonchev–Trinajstić information content (AvgIpc) is 2.16. The van der Waals surface area contributed by atoms with Crippen molar-refractivity contribution in [1.82, 2.24) is 0 Å². The van der Waals surface area contributed by atoms with Crippen molar-refractivity contribution in [2.45, 2.75) is 30.4 Å². The van der Waals surface area contributed by atoms with Gasteiger partial charge in [-0.2, -0.15) is 0 Å². The van der Waals surface area contributed by atoms with Crippen LogP contribution < -0.4 is 10.5 Å². The second-order valence-electron chi connectivity index (χ2n) is 3.28. The third kappa shape index (κ3) is 3.14. The maximum atomic E-state index is 5.76. The molecule has 2 nitrogen and oxygen atoms in total. The van der Waals surface area contributed by atoms with Gasteiger partial charge < -0.3 is 10.5 Å². The Morgan fingerprint density at radius 1 is 1.43 bits per heavy atom. The van der Waals surface area contributed by atoms with Gasteiger partial charge in [-0.1, -0.05) is 13.8 Å². The Morgan fingerprint density at radius 3 is 2.71 bits per heavy atom. The molecule has 1 aromatic rings. The molecular weight excluding hydrogens is 194 g/mol. The predicted molar refractivity (Wildman–Crippen MR) is 63.0 cm³/mol. The fraction of sp³-hybridized carbons (Fsp3) is 0.455. The lowest BCUT2D eigenvalue weighted by atomic mass is 10.3. The van der Waals surface area contributed by atoms with Crippen molar-refractivity contribution in [3.63, 3.8) is 0 Å². The largest absolute Gasteiger partial charge is 0.497 e. The summed E-state index contributed by atoms with van der Waals surface area (Å²) >= 11 is 1.83. The maximum Gasteiger partial charge on any atom is 0.122 e. The molecule has 0 fully saturated rings. The van der Waals surface area contributed by atoms with Crippen LogP contribution in [0.1, 0.15) is 20.3 Å². The van der Waals surface area contributed by atoms with Crippen LogP contribution in [0.4, 0.5) is 5.69 Å². The normalized spacial score (nSPS) is 12.5. The predicted octanol–water partition coefficient (Wildman–Crippen LogP) is 3.17. The Labute approximate surface area is 89.8 Å². The molecule has 0 saturated heterocycles. The minimum absolute atomic E-state index is 0.613. The summed E-state index contributed by atoms with van der Waals surface area (Å²) < 4.78 is 5.16. The molecule has 0 aliphatic rings. The zero-order chi connectivity index (χ0) is 10.6. The molecule has 1 atom stereocenters. The summed E-state index contributed by atoms with van der Waals surface area (Å²) in [6, 6.07) is 5.84. The van der Waals surface area contributed by atoms with Gasteiger partial charge in [-0.15, -0.1) is 11.8 Å². The van der Waals surface area contributed by atoms with Crippen molar-refractivity contribution < 1.29 is 4.74 Å². The molecule has 1 rings (SSSR count). The van der Waals surface area contributed by atoms with E-state index in [0.29, 0.717) is 5.25 Å². The van der Waals surface area contributed by atoms with Crippen molar-refractivity contribution in [2.75, 3.05) is 12.8 Å². The first-order valence-corrected chi connectivity index (χ1v) is 5.65. The quantitative estimate of drug-likeness (QED) is 0.613. The average molecular weight is 211 g/mol. The fourth-order valence-electron chi connectivity index (χ4n) is 1.10. The highest BCUT2D eigenvalue weighted by Gasteiger charge is 2.04. The first-order chi connectivity index (χ1) is 6.65. The summed E-state index contributed by atoms with van der Waals surface area (Å²) in [5, 5.41) is 0.613. The van der Waals surface area contributed by atoms with Gasteiger partial charge >= 0.3 is 0 Å². The van der Waals surface area contributed by atoms with Crippen LogP contribution in [-0.4, -0.2) is 12.4 Å². The molecule has 0 saturated carbocycles. The summed E-state index contributed by atoms with van der Waals surface area (Å²) in [6.45, 7) is 4.39. The van der Waals surface area contributed by atoms with Crippen molar-refractivity contribution in [3.8, 4) is 5.75 Å². The lowest BCUT2D eigenvalue weighted by Crippen LogP contribution is -1.94. The van der Waals surface area contributed by atoms with Crippen LogP contribution in [0.15, 0.2) is 23.1 Å². The zero-order valence-electron chi connectivity index (χ0n) is 8.91. The van der Waals surface area contributed by atoms with Gasteiger partial charge in [0.15, 0.2) is 0 Å². The molecular formula is C11H17NOS. The topological polar surface area (TPSA) is 35.2 Å². The molecule has 78 valence electrons. The highest BCUT2D eigenvalue weighted by Crippen LogP contribution is 2.30.